The molecule has 7 heteroatoms. The first-order valence-electron chi connectivity index (χ1n) is 8.29. The summed E-state index contributed by atoms with van der Waals surface area (Å²) < 4.78 is 10.2. The third kappa shape index (κ3) is 5.56. The second kappa shape index (κ2) is 10.1. The van der Waals surface area contributed by atoms with Crippen molar-refractivity contribution in [2.45, 2.75) is 13.0 Å². The molecule has 0 saturated carbocycles. The maximum Gasteiger partial charge on any atom is 0.270 e. The smallest absolute Gasteiger partial charge is 0.270 e. The van der Waals surface area contributed by atoms with Crippen LogP contribution in [0.3, 0.4) is 0 Å². The van der Waals surface area contributed by atoms with E-state index in [9.17, 15) is 9.59 Å². The third-order valence-corrected chi connectivity index (χ3v) is 3.70. The molecule has 0 aliphatic rings. The van der Waals surface area contributed by atoms with Crippen LogP contribution in [0.4, 0.5) is 0 Å². The molecule has 26 heavy (non-hydrogen) atoms. The number of ether oxygens (including phenoxy) is 2. The number of methoxy groups -OCH3 is 2. The van der Waals surface area contributed by atoms with Crippen LogP contribution in [-0.2, 0) is 11.3 Å². The Labute approximate surface area is 152 Å². The largest absolute Gasteiger partial charge is 0.496 e. The van der Waals surface area contributed by atoms with E-state index in [1.165, 1.54) is 12.3 Å². The SMILES string of the molecule is COCCCNC(=O)c1ccnc(C(=O)NCc2ccccc2OC)c1. The molecule has 0 atom stereocenters. The Morgan fingerprint density at radius 3 is 2.65 bits per heavy atom. The van der Waals surface area contributed by atoms with E-state index in [1.54, 1.807) is 20.3 Å². The van der Waals surface area contributed by atoms with Gasteiger partial charge in [-0.3, -0.25) is 14.6 Å². The van der Waals surface area contributed by atoms with E-state index >= 15 is 0 Å². The number of hydrogen-bond acceptors (Lipinski definition) is 5. The molecule has 0 bridgehead atoms. The van der Waals surface area contributed by atoms with Gasteiger partial charge in [0.05, 0.1) is 7.11 Å². The summed E-state index contributed by atoms with van der Waals surface area (Å²) in [6.07, 6.45) is 2.17. The third-order valence-electron chi connectivity index (χ3n) is 3.70. The first kappa shape index (κ1) is 19.4. The highest BCUT2D eigenvalue weighted by Crippen LogP contribution is 2.16. The van der Waals surface area contributed by atoms with Gasteiger partial charge in [-0.2, -0.15) is 0 Å². The van der Waals surface area contributed by atoms with Gasteiger partial charge in [-0.1, -0.05) is 18.2 Å². The number of nitrogens with one attached hydrogen (secondary N) is 2. The maximum absolute atomic E-state index is 12.3. The number of hydrogen-bond donors (Lipinski definition) is 2. The molecule has 2 aromatic rings. The molecule has 0 aliphatic carbocycles. The number of amides is 2. The summed E-state index contributed by atoms with van der Waals surface area (Å²) in [6, 6.07) is 10.5. The van der Waals surface area contributed by atoms with Crippen LogP contribution in [0.5, 0.6) is 5.75 Å². The van der Waals surface area contributed by atoms with Crippen molar-refractivity contribution in [3.8, 4) is 5.75 Å². The highest BCUT2D eigenvalue weighted by molar-refractivity contribution is 5.98. The minimum absolute atomic E-state index is 0.185. The van der Waals surface area contributed by atoms with Gasteiger partial charge < -0.3 is 20.1 Å². The molecule has 2 N–H and O–H groups in total. The van der Waals surface area contributed by atoms with Crippen LogP contribution in [0.2, 0.25) is 0 Å². The Morgan fingerprint density at radius 1 is 1.08 bits per heavy atom. The minimum Gasteiger partial charge on any atom is -0.496 e. The molecule has 7 nitrogen and oxygen atoms in total. The minimum atomic E-state index is -0.357. The highest BCUT2D eigenvalue weighted by Gasteiger charge is 2.12. The zero-order valence-corrected chi connectivity index (χ0v) is 15.0. The van der Waals surface area contributed by atoms with Crippen molar-refractivity contribution in [3.05, 3.63) is 59.4 Å². The Hall–Kier alpha value is -2.93. The zero-order chi connectivity index (χ0) is 18.8. The molecule has 1 heterocycles. The number of pyridine rings is 1. The lowest BCUT2D eigenvalue weighted by atomic mass is 10.2. The summed E-state index contributed by atoms with van der Waals surface area (Å²) >= 11 is 0. The number of benzene rings is 1. The van der Waals surface area contributed by atoms with Crippen LogP contribution in [0.15, 0.2) is 42.6 Å². The summed E-state index contributed by atoms with van der Waals surface area (Å²) in [5.41, 5.74) is 1.43. The summed E-state index contributed by atoms with van der Waals surface area (Å²) in [4.78, 5) is 28.5. The van der Waals surface area contributed by atoms with Gasteiger partial charge in [0.25, 0.3) is 11.8 Å². The van der Waals surface area contributed by atoms with Crippen molar-refractivity contribution in [1.82, 2.24) is 15.6 Å². The molecule has 0 radical (unpaired) electrons. The van der Waals surface area contributed by atoms with E-state index in [-0.39, 0.29) is 17.5 Å². The van der Waals surface area contributed by atoms with E-state index in [0.29, 0.717) is 31.0 Å². The first-order chi connectivity index (χ1) is 12.7. The standard InChI is InChI=1S/C19H23N3O4/c1-25-11-5-9-21-18(23)14-8-10-20-16(12-14)19(24)22-13-15-6-3-4-7-17(15)26-2/h3-4,6-8,10,12H,5,9,11,13H2,1-2H3,(H,21,23)(H,22,24). The Morgan fingerprint density at radius 2 is 1.88 bits per heavy atom. The molecule has 2 rings (SSSR count). The van der Waals surface area contributed by atoms with Crippen LogP contribution in [0.25, 0.3) is 0 Å². The number of rotatable bonds is 9. The van der Waals surface area contributed by atoms with Crippen LogP contribution >= 0.6 is 0 Å². The molecule has 0 saturated heterocycles. The average Bonchev–Trinajstić information content (AvgIpc) is 2.69. The number of carbonyl (C=O) groups is 2. The summed E-state index contributed by atoms with van der Waals surface area (Å²) in [5, 5.41) is 5.56. The van der Waals surface area contributed by atoms with E-state index in [4.69, 9.17) is 9.47 Å². The second-order valence-electron chi connectivity index (χ2n) is 5.53. The van der Waals surface area contributed by atoms with Crippen molar-refractivity contribution in [1.29, 1.82) is 0 Å². The Bertz CT molecular complexity index is 749. The fourth-order valence-corrected chi connectivity index (χ4v) is 2.33. The summed E-state index contributed by atoms with van der Waals surface area (Å²) in [6.45, 7) is 1.38. The average molecular weight is 357 g/mol. The Kier molecular flexibility index (Phi) is 7.57. The van der Waals surface area contributed by atoms with Crippen molar-refractivity contribution in [2.24, 2.45) is 0 Å². The van der Waals surface area contributed by atoms with E-state index in [1.807, 2.05) is 24.3 Å². The molecule has 1 aromatic heterocycles. The van der Waals surface area contributed by atoms with Gasteiger partial charge in [0, 0.05) is 44.1 Å². The van der Waals surface area contributed by atoms with Gasteiger partial charge in [-0.05, 0) is 24.6 Å². The fraction of sp³-hybridized carbons (Fsp3) is 0.316. The van der Waals surface area contributed by atoms with E-state index < -0.39 is 0 Å². The first-order valence-corrected chi connectivity index (χ1v) is 8.29. The van der Waals surface area contributed by atoms with Gasteiger partial charge in [0.2, 0.25) is 0 Å². The fourth-order valence-electron chi connectivity index (χ4n) is 2.33. The summed E-state index contributed by atoms with van der Waals surface area (Å²) in [7, 11) is 3.19. The lowest BCUT2D eigenvalue weighted by Gasteiger charge is -2.10. The molecule has 0 unspecified atom stereocenters. The molecular weight excluding hydrogens is 334 g/mol. The number of nitrogens with zero attached hydrogens (tertiary/aromatic N) is 1. The van der Waals surface area contributed by atoms with Gasteiger partial charge in [-0.15, -0.1) is 0 Å². The van der Waals surface area contributed by atoms with Gasteiger partial charge >= 0.3 is 0 Å². The monoisotopic (exact) mass is 357 g/mol. The van der Waals surface area contributed by atoms with Crippen molar-refractivity contribution in [2.75, 3.05) is 27.4 Å². The van der Waals surface area contributed by atoms with Crippen molar-refractivity contribution >= 4 is 11.8 Å². The zero-order valence-electron chi connectivity index (χ0n) is 15.0. The van der Waals surface area contributed by atoms with Gasteiger partial charge in [-0.25, -0.2) is 0 Å². The number of para-hydroxylation sites is 1. The molecule has 0 aliphatic heterocycles. The van der Waals surface area contributed by atoms with Crippen molar-refractivity contribution < 1.29 is 19.1 Å². The van der Waals surface area contributed by atoms with E-state index in [2.05, 4.69) is 15.6 Å². The van der Waals surface area contributed by atoms with Crippen LogP contribution in [-0.4, -0.2) is 44.2 Å². The molecule has 2 amide bonds. The maximum atomic E-state index is 12.3. The molecule has 138 valence electrons. The Balaban J connectivity index is 1.96. The predicted octanol–water partition coefficient (Wildman–Crippen LogP) is 1.79. The molecular formula is C19H23N3O4. The highest BCUT2D eigenvalue weighted by atomic mass is 16.5. The normalized spacial score (nSPS) is 10.2. The predicted molar refractivity (Wildman–Crippen MR) is 97.2 cm³/mol. The van der Waals surface area contributed by atoms with E-state index in [0.717, 1.165) is 12.0 Å². The van der Waals surface area contributed by atoms with Gasteiger partial charge in [0.15, 0.2) is 0 Å². The lowest BCUT2D eigenvalue weighted by molar-refractivity contribution is 0.0945. The van der Waals surface area contributed by atoms with Crippen LogP contribution in [0.1, 0.15) is 32.8 Å². The molecule has 0 fully saturated rings. The quantitative estimate of drug-likeness (QED) is 0.668. The molecule has 1 aromatic carbocycles. The van der Waals surface area contributed by atoms with Crippen molar-refractivity contribution in [3.63, 3.8) is 0 Å². The number of carbonyl (C=O) groups excluding carboxylic acids is 2. The van der Waals surface area contributed by atoms with Crippen LogP contribution in [0, 0.1) is 0 Å². The summed E-state index contributed by atoms with van der Waals surface area (Å²) in [5.74, 6) is 0.0946. The lowest BCUT2D eigenvalue weighted by Crippen LogP contribution is -2.27. The number of aromatic nitrogens is 1. The second-order valence-corrected chi connectivity index (χ2v) is 5.53. The molecule has 0 spiro atoms. The van der Waals surface area contributed by atoms with Gasteiger partial charge in [0.1, 0.15) is 11.4 Å². The topological polar surface area (TPSA) is 89.5 Å². The van der Waals surface area contributed by atoms with Crippen LogP contribution < -0.4 is 15.4 Å².